The Morgan fingerprint density at radius 1 is 1.17 bits per heavy atom. The average molecular weight is 312 g/mol. The highest BCUT2D eigenvalue weighted by Crippen LogP contribution is 2.26. The molecule has 1 heterocycles. The van der Waals surface area contributed by atoms with E-state index in [-0.39, 0.29) is 22.8 Å². The van der Waals surface area contributed by atoms with Crippen LogP contribution in [0.15, 0.2) is 40.9 Å². The van der Waals surface area contributed by atoms with Crippen LogP contribution >= 0.6 is 0 Å². The molecule has 0 spiro atoms. The van der Waals surface area contributed by atoms with Gasteiger partial charge in [-0.25, -0.2) is 9.18 Å². The van der Waals surface area contributed by atoms with E-state index < -0.39 is 11.8 Å². The Bertz CT molecular complexity index is 903. The highest BCUT2D eigenvalue weighted by molar-refractivity contribution is 5.90. The summed E-state index contributed by atoms with van der Waals surface area (Å²) in [5, 5.41) is 13.0. The first-order chi connectivity index (χ1) is 11.0. The van der Waals surface area contributed by atoms with Crippen molar-refractivity contribution in [1.82, 2.24) is 10.1 Å². The fourth-order valence-corrected chi connectivity index (χ4v) is 2.25. The molecule has 0 bridgehead atoms. The molecule has 1 N–H and O–H groups in total. The first-order valence-corrected chi connectivity index (χ1v) is 6.91. The van der Waals surface area contributed by atoms with Gasteiger partial charge in [-0.2, -0.15) is 4.98 Å². The largest absolute Gasteiger partial charge is 0.478 e. The Morgan fingerprint density at radius 2 is 1.96 bits per heavy atom. The standard InChI is InChI=1S/C17H13FN2O3/c1-9-6-7-11(8-13(9)17(21)22)15-19-16(23-20-15)12-5-3-4-10(2)14(12)18/h3-8H,1-2H3,(H,21,22). The van der Waals surface area contributed by atoms with Gasteiger partial charge in [-0.3, -0.25) is 0 Å². The van der Waals surface area contributed by atoms with E-state index in [0.29, 0.717) is 16.7 Å². The van der Waals surface area contributed by atoms with Crippen LogP contribution in [0.25, 0.3) is 22.8 Å². The molecule has 1 aromatic heterocycles. The van der Waals surface area contributed by atoms with E-state index in [2.05, 4.69) is 10.1 Å². The third-order valence-electron chi connectivity index (χ3n) is 3.57. The highest BCUT2D eigenvalue weighted by atomic mass is 19.1. The number of hydrogen-bond donors (Lipinski definition) is 1. The molecule has 0 aliphatic rings. The Labute approximate surface area is 131 Å². The third kappa shape index (κ3) is 2.70. The lowest BCUT2D eigenvalue weighted by molar-refractivity contribution is 0.0696. The van der Waals surface area contributed by atoms with Crippen LogP contribution in [0, 0.1) is 19.7 Å². The van der Waals surface area contributed by atoms with Gasteiger partial charge < -0.3 is 9.63 Å². The van der Waals surface area contributed by atoms with Crippen LogP contribution in [0.1, 0.15) is 21.5 Å². The van der Waals surface area contributed by atoms with Crippen LogP contribution in [0.4, 0.5) is 4.39 Å². The summed E-state index contributed by atoms with van der Waals surface area (Å²) in [4.78, 5) is 15.4. The number of carboxylic acid groups (broad SMARTS) is 1. The van der Waals surface area contributed by atoms with Crippen molar-refractivity contribution < 1.29 is 18.8 Å². The number of carboxylic acids is 1. The predicted molar refractivity (Wildman–Crippen MR) is 81.6 cm³/mol. The Hall–Kier alpha value is -3.02. The second kappa shape index (κ2) is 5.64. The molecule has 3 rings (SSSR count). The van der Waals surface area contributed by atoms with E-state index in [1.807, 2.05) is 0 Å². The number of halogens is 1. The number of aryl methyl sites for hydroxylation is 2. The number of benzene rings is 2. The van der Waals surface area contributed by atoms with Crippen molar-refractivity contribution in [3.63, 3.8) is 0 Å². The van der Waals surface area contributed by atoms with Gasteiger partial charge in [0.05, 0.1) is 11.1 Å². The lowest BCUT2D eigenvalue weighted by atomic mass is 10.0. The maximum Gasteiger partial charge on any atom is 0.335 e. The smallest absolute Gasteiger partial charge is 0.335 e. The van der Waals surface area contributed by atoms with Crippen molar-refractivity contribution in [2.75, 3.05) is 0 Å². The molecule has 2 aromatic carbocycles. The van der Waals surface area contributed by atoms with Gasteiger partial charge in [0.1, 0.15) is 5.82 Å². The predicted octanol–water partition coefficient (Wildman–Crippen LogP) is 3.86. The third-order valence-corrected chi connectivity index (χ3v) is 3.57. The van der Waals surface area contributed by atoms with Gasteiger partial charge in [-0.1, -0.05) is 29.4 Å². The second-order valence-electron chi connectivity index (χ2n) is 5.19. The lowest BCUT2D eigenvalue weighted by Gasteiger charge is -2.02. The number of aromatic carboxylic acids is 1. The molecule has 5 nitrogen and oxygen atoms in total. The molecule has 0 fully saturated rings. The van der Waals surface area contributed by atoms with Crippen molar-refractivity contribution in [2.45, 2.75) is 13.8 Å². The molecular formula is C17H13FN2O3. The summed E-state index contributed by atoms with van der Waals surface area (Å²) in [5.41, 5.74) is 1.99. The zero-order valence-electron chi connectivity index (χ0n) is 12.5. The second-order valence-corrected chi connectivity index (χ2v) is 5.19. The van der Waals surface area contributed by atoms with E-state index in [1.54, 1.807) is 44.2 Å². The van der Waals surface area contributed by atoms with E-state index in [4.69, 9.17) is 4.52 Å². The van der Waals surface area contributed by atoms with Crippen molar-refractivity contribution in [2.24, 2.45) is 0 Å². The molecule has 3 aromatic rings. The minimum atomic E-state index is -1.03. The van der Waals surface area contributed by atoms with Crippen molar-refractivity contribution in [1.29, 1.82) is 0 Å². The molecular weight excluding hydrogens is 299 g/mol. The SMILES string of the molecule is Cc1ccc(-c2noc(-c3cccc(C)c3F)n2)cc1C(=O)O. The fraction of sp³-hybridized carbons (Fsp3) is 0.118. The van der Waals surface area contributed by atoms with E-state index in [1.165, 1.54) is 6.07 Å². The molecule has 0 atom stereocenters. The highest BCUT2D eigenvalue weighted by Gasteiger charge is 2.17. The summed E-state index contributed by atoms with van der Waals surface area (Å²) >= 11 is 0. The number of rotatable bonds is 3. The summed E-state index contributed by atoms with van der Waals surface area (Å²) in [6, 6.07) is 9.74. The monoisotopic (exact) mass is 312 g/mol. The van der Waals surface area contributed by atoms with Crippen LogP contribution in [0.2, 0.25) is 0 Å². The van der Waals surface area contributed by atoms with Gasteiger partial charge in [-0.15, -0.1) is 0 Å². The topological polar surface area (TPSA) is 76.2 Å². The zero-order valence-corrected chi connectivity index (χ0v) is 12.5. The van der Waals surface area contributed by atoms with E-state index >= 15 is 0 Å². The molecule has 0 aliphatic heterocycles. The lowest BCUT2D eigenvalue weighted by Crippen LogP contribution is -2.00. The summed E-state index contributed by atoms with van der Waals surface area (Å²) < 4.78 is 19.2. The summed E-state index contributed by atoms with van der Waals surface area (Å²) in [6.07, 6.45) is 0. The summed E-state index contributed by atoms with van der Waals surface area (Å²) in [5.74, 6) is -1.18. The fourth-order valence-electron chi connectivity index (χ4n) is 2.25. The van der Waals surface area contributed by atoms with Crippen LogP contribution < -0.4 is 0 Å². The number of nitrogens with zero attached hydrogens (tertiary/aromatic N) is 2. The number of carbonyl (C=O) groups is 1. The van der Waals surface area contributed by atoms with E-state index in [9.17, 15) is 14.3 Å². The van der Waals surface area contributed by atoms with Crippen molar-refractivity contribution in [3.8, 4) is 22.8 Å². The number of hydrogen-bond acceptors (Lipinski definition) is 4. The minimum Gasteiger partial charge on any atom is -0.478 e. The molecule has 0 radical (unpaired) electrons. The average Bonchev–Trinajstić information content (AvgIpc) is 3.00. The maximum atomic E-state index is 14.1. The first kappa shape index (κ1) is 14.9. The van der Waals surface area contributed by atoms with Crippen LogP contribution in [-0.2, 0) is 0 Å². The Balaban J connectivity index is 2.04. The molecule has 23 heavy (non-hydrogen) atoms. The van der Waals surface area contributed by atoms with Gasteiger partial charge in [0, 0.05) is 5.56 Å². The van der Waals surface area contributed by atoms with Gasteiger partial charge in [0.15, 0.2) is 0 Å². The van der Waals surface area contributed by atoms with Gasteiger partial charge >= 0.3 is 5.97 Å². The minimum absolute atomic E-state index is 0.0543. The molecule has 0 saturated heterocycles. The van der Waals surface area contributed by atoms with Crippen LogP contribution in [-0.4, -0.2) is 21.2 Å². The summed E-state index contributed by atoms with van der Waals surface area (Å²) in [6.45, 7) is 3.35. The van der Waals surface area contributed by atoms with Gasteiger partial charge in [-0.05, 0) is 37.1 Å². The quantitative estimate of drug-likeness (QED) is 0.794. The molecule has 0 unspecified atom stereocenters. The molecule has 0 aliphatic carbocycles. The number of aromatic nitrogens is 2. The first-order valence-electron chi connectivity index (χ1n) is 6.91. The molecule has 0 saturated carbocycles. The van der Waals surface area contributed by atoms with Crippen molar-refractivity contribution in [3.05, 3.63) is 58.9 Å². The maximum absolute atomic E-state index is 14.1. The Kier molecular flexibility index (Phi) is 3.65. The van der Waals surface area contributed by atoms with Crippen LogP contribution in [0.3, 0.4) is 0 Å². The van der Waals surface area contributed by atoms with Gasteiger partial charge in [0.25, 0.3) is 5.89 Å². The van der Waals surface area contributed by atoms with Gasteiger partial charge in [0.2, 0.25) is 5.82 Å². The van der Waals surface area contributed by atoms with Crippen LogP contribution in [0.5, 0.6) is 0 Å². The summed E-state index contributed by atoms with van der Waals surface area (Å²) in [7, 11) is 0. The normalized spacial score (nSPS) is 10.7. The van der Waals surface area contributed by atoms with Crippen molar-refractivity contribution >= 4 is 5.97 Å². The zero-order chi connectivity index (χ0) is 16.6. The molecule has 6 heteroatoms. The van der Waals surface area contributed by atoms with E-state index in [0.717, 1.165) is 0 Å². The molecule has 116 valence electrons. The Morgan fingerprint density at radius 3 is 2.70 bits per heavy atom. The molecule has 0 amide bonds.